The van der Waals surface area contributed by atoms with Crippen molar-refractivity contribution < 1.29 is 21.4 Å². The molecule has 1 aromatic carbocycles. The van der Waals surface area contributed by atoms with Crippen molar-refractivity contribution >= 4 is 34.7 Å². The Bertz CT molecular complexity index is 222. The van der Waals surface area contributed by atoms with E-state index in [0.29, 0.717) is 11.4 Å². The van der Waals surface area contributed by atoms with E-state index >= 15 is 0 Å². The van der Waals surface area contributed by atoms with Gasteiger partial charge in [-0.15, -0.1) is 0 Å². The van der Waals surface area contributed by atoms with Crippen molar-refractivity contribution in [1.29, 1.82) is 0 Å². The normalized spacial score (nSPS) is 8.25. The fraction of sp³-hybridized carbons (Fsp3) is 0.125. The first-order valence-electron chi connectivity index (χ1n) is 2.96. The van der Waals surface area contributed by atoms with Gasteiger partial charge < -0.3 is 23.9 Å². The van der Waals surface area contributed by atoms with Crippen molar-refractivity contribution in [2.75, 3.05) is 0 Å². The average Bonchev–Trinajstić information content (AvgIpc) is 1.85. The first kappa shape index (κ1) is 15.2. The van der Waals surface area contributed by atoms with E-state index in [9.17, 15) is 4.39 Å². The molecule has 0 heterocycles. The maximum atomic E-state index is 12.5. The van der Waals surface area contributed by atoms with Crippen molar-refractivity contribution in [1.82, 2.24) is 0 Å². The van der Waals surface area contributed by atoms with Gasteiger partial charge in [-0.25, -0.2) is 4.39 Å². The second-order valence-corrected chi connectivity index (χ2v) is 2.46. The van der Waals surface area contributed by atoms with Crippen molar-refractivity contribution in [3.63, 3.8) is 0 Å². The van der Waals surface area contributed by atoms with Crippen molar-refractivity contribution in [3.05, 3.63) is 41.5 Å². The fourth-order valence-corrected chi connectivity index (χ4v) is 1.000. The summed E-state index contributed by atoms with van der Waals surface area (Å²) in [6.07, 6.45) is 0.567. The topological polar surface area (TPSA) is 0 Å². The summed E-state index contributed by atoms with van der Waals surface area (Å²) < 4.78 is 12.5. The molecular formula is C8H7BrClFMg. The van der Waals surface area contributed by atoms with E-state index in [1.165, 1.54) is 12.1 Å². The molecule has 4 heteroatoms. The Morgan fingerprint density at radius 2 is 1.92 bits per heavy atom. The maximum Gasteiger partial charge on any atom is 2.00 e. The average molecular weight is 262 g/mol. The van der Waals surface area contributed by atoms with Crippen LogP contribution in [0.15, 0.2) is 18.2 Å². The van der Waals surface area contributed by atoms with Crippen LogP contribution < -0.4 is 17.0 Å². The molecule has 12 heavy (non-hydrogen) atoms. The molecule has 0 atom stereocenters. The molecule has 0 N–H and O–H groups in total. The molecular weight excluding hydrogens is 255 g/mol. The number of benzene rings is 1. The molecule has 0 aromatic heterocycles. The SMILES string of the molecule is [Br-].[CH2-]Cc1cc(F)cc(Cl)c1.[Mg+2]. The van der Waals surface area contributed by atoms with E-state index < -0.39 is 0 Å². The molecule has 0 saturated heterocycles. The third-order valence-electron chi connectivity index (χ3n) is 1.21. The zero-order valence-corrected chi connectivity index (χ0v) is 10.2. The molecule has 62 valence electrons. The van der Waals surface area contributed by atoms with E-state index in [1.54, 1.807) is 6.07 Å². The summed E-state index contributed by atoms with van der Waals surface area (Å²) in [6, 6.07) is 4.41. The molecule has 1 aromatic rings. The van der Waals surface area contributed by atoms with Crippen LogP contribution in [0.5, 0.6) is 0 Å². The van der Waals surface area contributed by atoms with E-state index in [-0.39, 0.29) is 45.9 Å². The number of hydrogen-bond donors (Lipinski definition) is 0. The molecule has 0 amide bonds. The maximum absolute atomic E-state index is 12.5. The molecule has 0 aliphatic rings. The van der Waals surface area contributed by atoms with Crippen LogP contribution in [0.4, 0.5) is 4.39 Å². The Morgan fingerprint density at radius 3 is 2.33 bits per heavy atom. The van der Waals surface area contributed by atoms with Gasteiger partial charge in [0.25, 0.3) is 0 Å². The standard InChI is InChI=1S/C8H7ClF.BrH.Mg/c1-2-6-3-7(9)5-8(10)4-6;;/h3-5H,1-2H2;1H;/q-1;;+2/p-1. The summed E-state index contributed by atoms with van der Waals surface area (Å²) >= 11 is 5.56. The Balaban J connectivity index is 0. The van der Waals surface area contributed by atoms with Gasteiger partial charge >= 0.3 is 23.1 Å². The van der Waals surface area contributed by atoms with Gasteiger partial charge in [-0.2, -0.15) is 6.42 Å². The van der Waals surface area contributed by atoms with Gasteiger partial charge in [-0.1, -0.05) is 17.2 Å². The first-order chi connectivity index (χ1) is 4.72. The van der Waals surface area contributed by atoms with Crippen LogP contribution in [-0.2, 0) is 6.42 Å². The summed E-state index contributed by atoms with van der Waals surface area (Å²) in [5, 5.41) is 0.429. The predicted octanol–water partition coefficient (Wildman–Crippen LogP) is -0.521. The summed E-state index contributed by atoms with van der Waals surface area (Å²) in [5.41, 5.74) is 0.824. The molecule has 1 rings (SSSR count). The van der Waals surface area contributed by atoms with Crippen LogP contribution in [0, 0.1) is 12.7 Å². The molecule has 0 fully saturated rings. The van der Waals surface area contributed by atoms with Crippen LogP contribution in [0.25, 0.3) is 0 Å². The van der Waals surface area contributed by atoms with Crippen LogP contribution in [0.1, 0.15) is 5.56 Å². The summed E-state index contributed by atoms with van der Waals surface area (Å²) in [4.78, 5) is 0. The van der Waals surface area contributed by atoms with Crippen molar-refractivity contribution in [3.8, 4) is 0 Å². The van der Waals surface area contributed by atoms with Crippen LogP contribution in [0.2, 0.25) is 5.02 Å². The Labute approximate surface area is 103 Å². The molecule has 0 aliphatic carbocycles. The monoisotopic (exact) mass is 260 g/mol. The minimum absolute atomic E-state index is 0. The number of rotatable bonds is 1. The van der Waals surface area contributed by atoms with Crippen molar-refractivity contribution in [2.24, 2.45) is 0 Å². The molecule has 0 radical (unpaired) electrons. The molecule has 0 nitrogen and oxygen atoms in total. The zero-order chi connectivity index (χ0) is 7.56. The molecule has 0 bridgehead atoms. The van der Waals surface area contributed by atoms with Gasteiger partial charge in [-0.3, -0.25) is 0 Å². The molecule has 0 spiro atoms. The smallest absolute Gasteiger partial charge is 1.00 e. The summed E-state index contributed by atoms with van der Waals surface area (Å²) in [7, 11) is 0. The van der Waals surface area contributed by atoms with Crippen LogP contribution >= 0.6 is 11.6 Å². The second kappa shape index (κ2) is 7.12. The van der Waals surface area contributed by atoms with Gasteiger partial charge in [-0.05, 0) is 18.2 Å². The number of hydrogen-bond acceptors (Lipinski definition) is 0. The molecule has 0 saturated carbocycles. The van der Waals surface area contributed by atoms with Crippen molar-refractivity contribution in [2.45, 2.75) is 6.42 Å². The minimum Gasteiger partial charge on any atom is -1.00 e. The minimum atomic E-state index is -0.300. The summed E-state index contributed by atoms with van der Waals surface area (Å²) in [5.74, 6) is -0.300. The number of halogens is 3. The zero-order valence-electron chi connectivity index (χ0n) is 6.49. The van der Waals surface area contributed by atoms with Crippen LogP contribution in [0.3, 0.4) is 0 Å². The van der Waals surface area contributed by atoms with Gasteiger partial charge in [0.1, 0.15) is 5.82 Å². The Kier molecular flexibility index (Phi) is 9.01. The third-order valence-corrected chi connectivity index (χ3v) is 1.43. The third kappa shape index (κ3) is 4.65. The largest absolute Gasteiger partial charge is 2.00 e. The van der Waals surface area contributed by atoms with E-state index in [0.717, 1.165) is 5.56 Å². The Hall–Kier alpha value is 0.686. The van der Waals surface area contributed by atoms with E-state index in [4.69, 9.17) is 11.6 Å². The van der Waals surface area contributed by atoms with Gasteiger partial charge in [0.15, 0.2) is 0 Å². The fourth-order valence-electron chi connectivity index (χ4n) is 0.755. The quantitative estimate of drug-likeness (QED) is 0.472. The van der Waals surface area contributed by atoms with Gasteiger partial charge in [0.2, 0.25) is 0 Å². The summed E-state index contributed by atoms with van der Waals surface area (Å²) in [6.45, 7) is 3.61. The van der Waals surface area contributed by atoms with Gasteiger partial charge in [0.05, 0.1) is 0 Å². The molecule has 0 unspecified atom stereocenters. The predicted molar refractivity (Wildman–Crippen MR) is 46.2 cm³/mol. The Morgan fingerprint density at radius 1 is 1.33 bits per heavy atom. The van der Waals surface area contributed by atoms with Gasteiger partial charge in [0, 0.05) is 5.02 Å². The molecule has 0 aliphatic heterocycles. The second-order valence-electron chi connectivity index (χ2n) is 2.03. The van der Waals surface area contributed by atoms with E-state index in [1.807, 2.05) is 0 Å². The van der Waals surface area contributed by atoms with Crippen LogP contribution in [-0.4, -0.2) is 23.1 Å². The first-order valence-corrected chi connectivity index (χ1v) is 3.34. The van der Waals surface area contributed by atoms with E-state index in [2.05, 4.69) is 6.92 Å².